The SMILES string of the molecule is C=C(C)CCOCc1ccoc1CNC(C)C. The average Bonchev–Trinajstić information content (AvgIpc) is 2.68. The largest absolute Gasteiger partial charge is 0.468 e. The zero-order valence-corrected chi connectivity index (χ0v) is 11.1. The number of rotatable bonds is 8. The third kappa shape index (κ3) is 5.71. The highest BCUT2D eigenvalue weighted by Crippen LogP contribution is 2.12. The predicted molar refractivity (Wildman–Crippen MR) is 69.8 cm³/mol. The summed E-state index contributed by atoms with van der Waals surface area (Å²) in [7, 11) is 0. The highest BCUT2D eigenvalue weighted by Gasteiger charge is 2.06. The first-order valence-corrected chi connectivity index (χ1v) is 6.10. The molecular formula is C14H23NO2. The van der Waals surface area contributed by atoms with E-state index in [0.29, 0.717) is 12.6 Å². The normalized spacial score (nSPS) is 11.1. The van der Waals surface area contributed by atoms with Crippen LogP contribution in [0, 0.1) is 0 Å². The molecule has 1 aromatic heterocycles. The van der Waals surface area contributed by atoms with Crippen molar-refractivity contribution in [3.05, 3.63) is 35.8 Å². The molecule has 0 aliphatic rings. The van der Waals surface area contributed by atoms with Gasteiger partial charge in [0, 0.05) is 11.6 Å². The molecule has 3 heteroatoms. The van der Waals surface area contributed by atoms with Gasteiger partial charge in [-0.2, -0.15) is 0 Å². The van der Waals surface area contributed by atoms with E-state index in [9.17, 15) is 0 Å². The molecule has 0 amide bonds. The van der Waals surface area contributed by atoms with Gasteiger partial charge in [0.25, 0.3) is 0 Å². The van der Waals surface area contributed by atoms with Crippen molar-refractivity contribution in [3.8, 4) is 0 Å². The van der Waals surface area contributed by atoms with Gasteiger partial charge in [0.1, 0.15) is 5.76 Å². The smallest absolute Gasteiger partial charge is 0.123 e. The molecule has 1 rings (SSSR count). The Balaban J connectivity index is 2.32. The molecule has 96 valence electrons. The van der Waals surface area contributed by atoms with Crippen LogP contribution in [0.15, 0.2) is 28.9 Å². The zero-order chi connectivity index (χ0) is 12.7. The van der Waals surface area contributed by atoms with E-state index in [2.05, 4.69) is 25.7 Å². The minimum absolute atomic E-state index is 0.456. The van der Waals surface area contributed by atoms with E-state index in [1.54, 1.807) is 6.26 Å². The Kier molecular flexibility index (Phi) is 6.01. The standard InChI is InChI=1S/C14H23NO2/c1-11(2)5-7-16-10-13-6-8-17-14(13)9-15-12(3)4/h6,8,12,15H,1,5,7,9-10H2,2-4H3. The van der Waals surface area contributed by atoms with Gasteiger partial charge in [0.2, 0.25) is 0 Å². The Bertz CT molecular complexity index is 342. The molecule has 0 fully saturated rings. The molecule has 17 heavy (non-hydrogen) atoms. The molecule has 0 aromatic carbocycles. The highest BCUT2D eigenvalue weighted by molar-refractivity contribution is 5.15. The summed E-state index contributed by atoms with van der Waals surface area (Å²) in [5.41, 5.74) is 2.28. The summed E-state index contributed by atoms with van der Waals surface area (Å²) in [6, 6.07) is 2.43. The van der Waals surface area contributed by atoms with Gasteiger partial charge in [-0.05, 0) is 19.4 Å². The summed E-state index contributed by atoms with van der Waals surface area (Å²) in [5, 5.41) is 3.33. The molecule has 0 saturated heterocycles. The number of furan rings is 1. The van der Waals surface area contributed by atoms with E-state index >= 15 is 0 Å². The summed E-state index contributed by atoms with van der Waals surface area (Å²) >= 11 is 0. The summed E-state index contributed by atoms with van der Waals surface area (Å²) in [6.07, 6.45) is 2.63. The molecule has 1 heterocycles. The van der Waals surface area contributed by atoms with Crippen molar-refractivity contribution < 1.29 is 9.15 Å². The lowest BCUT2D eigenvalue weighted by Gasteiger charge is -2.08. The van der Waals surface area contributed by atoms with Gasteiger partial charge in [0.05, 0.1) is 26.0 Å². The first kappa shape index (κ1) is 14.0. The number of nitrogens with one attached hydrogen (secondary N) is 1. The third-order valence-electron chi connectivity index (χ3n) is 2.44. The zero-order valence-electron chi connectivity index (χ0n) is 11.1. The van der Waals surface area contributed by atoms with Crippen molar-refractivity contribution in [2.75, 3.05) is 6.61 Å². The van der Waals surface area contributed by atoms with E-state index in [1.807, 2.05) is 13.0 Å². The van der Waals surface area contributed by atoms with Crippen LogP contribution in [0.25, 0.3) is 0 Å². The number of ether oxygens (including phenoxy) is 1. The Hall–Kier alpha value is -1.06. The molecule has 0 spiro atoms. The second kappa shape index (κ2) is 7.30. The van der Waals surface area contributed by atoms with Crippen molar-refractivity contribution in [3.63, 3.8) is 0 Å². The summed E-state index contributed by atoms with van der Waals surface area (Å²) < 4.78 is 11.0. The lowest BCUT2D eigenvalue weighted by Crippen LogP contribution is -2.22. The fourth-order valence-electron chi connectivity index (χ4n) is 1.38. The van der Waals surface area contributed by atoms with Crippen LogP contribution >= 0.6 is 0 Å². The molecule has 1 aromatic rings. The van der Waals surface area contributed by atoms with Crippen molar-refractivity contribution in [2.45, 2.75) is 46.4 Å². The topological polar surface area (TPSA) is 34.4 Å². The maximum absolute atomic E-state index is 5.59. The van der Waals surface area contributed by atoms with Crippen molar-refractivity contribution in [1.29, 1.82) is 0 Å². The Morgan fingerprint density at radius 3 is 2.94 bits per heavy atom. The van der Waals surface area contributed by atoms with E-state index < -0.39 is 0 Å². The minimum Gasteiger partial charge on any atom is -0.468 e. The molecule has 0 aliphatic heterocycles. The molecule has 0 unspecified atom stereocenters. The molecule has 0 aliphatic carbocycles. The molecule has 0 radical (unpaired) electrons. The van der Waals surface area contributed by atoms with Gasteiger partial charge >= 0.3 is 0 Å². The summed E-state index contributed by atoms with van der Waals surface area (Å²) in [5.74, 6) is 0.967. The average molecular weight is 237 g/mol. The van der Waals surface area contributed by atoms with Crippen LogP contribution in [-0.4, -0.2) is 12.6 Å². The van der Waals surface area contributed by atoms with Crippen LogP contribution in [0.3, 0.4) is 0 Å². The number of hydrogen-bond acceptors (Lipinski definition) is 3. The first-order valence-electron chi connectivity index (χ1n) is 6.10. The molecule has 0 saturated carbocycles. The highest BCUT2D eigenvalue weighted by atomic mass is 16.5. The van der Waals surface area contributed by atoms with Crippen LogP contribution in [0.4, 0.5) is 0 Å². The van der Waals surface area contributed by atoms with Crippen molar-refractivity contribution in [2.24, 2.45) is 0 Å². The molecule has 1 N–H and O–H groups in total. The van der Waals surface area contributed by atoms with Crippen LogP contribution in [0.5, 0.6) is 0 Å². The molecule has 0 bridgehead atoms. The predicted octanol–water partition coefficient (Wildman–Crippen LogP) is 3.26. The van der Waals surface area contributed by atoms with Crippen LogP contribution in [0.1, 0.15) is 38.5 Å². The minimum atomic E-state index is 0.456. The maximum atomic E-state index is 5.59. The third-order valence-corrected chi connectivity index (χ3v) is 2.44. The van der Waals surface area contributed by atoms with E-state index in [1.165, 1.54) is 0 Å². The lowest BCUT2D eigenvalue weighted by molar-refractivity contribution is 0.122. The number of hydrogen-bond donors (Lipinski definition) is 1. The van der Waals surface area contributed by atoms with Gasteiger partial charge in [-0.15, -0.1) is 6.58 Å². The summed E-state index contributed by atoms with van der Waals surface area (Å²) in [4.78, 5) is 0. The van der Waals surface area contributed by atoms with Crippen molar-refractivity contribution >= 4 is 0 Å². The van der Waals surface area contributed by atoms with E-state index in [0.717, 1.165) is 36.5 Å². The Labute approximate surface area is 104 Å². The quantitative estimate of drug-likeness (QED) is 0.556. The molecule has 0 atom stereocenters. The monoisotopic (exact) mass is 237 g/mol. The van der Waals surface area contributed by atoms with Gasteiger partial charge in [-0.3, -0.25) is 0 Å². The van der Waals surface area contributed by atoms with Gasteiger partial charge < -0.3 is 14.5 Å². The van der Waals surface area contributed by atoms with Crippen LogP contribution in [-0.2, 0) is 17.9 Å². The van der Waals surface area contributed by atoms with E-state index in [4.69, 9.17) is 9.15 Å². The first-order chi connectivity index (χ1) is 8.09. The Morgan fingerprint density at radius 1 is 1.53 bits per heavy atom. The summed E-state index contributed by atoms with van der Waals surface area (Å²) in [6.45, 7) is 12.2. The molecular weight excluding hydrogens is 214 g/mol. The van der Waals surface area contributed by atoms with Crippen molar-refractivity contribution in [1.82, 2.24) is 5.32 Å². The fourth-order valence-corrected chi connectivity index (χ4v) is 1.38. The maximum Gasteiger partial charge on any atom is 0.123 e. The van der Waals surface area contributed by atoms with Gasteiger partial charge in [0.15, 0.2) is 0 Å². The van der Waals surface area contributed by atoms with Gasteiger partial charge in [-0.25, -0.2) is 0 Å². The van der Waals surface area contributed by atoms with E-state index in [-0.39, 0.29) is 0 Å². The van der Waals surface area contributed by atoms with Crippen LogP contribution < -0.4 is 5.32 Å². The second-order valence-corrected chi connectivity index (χ2v) is 4.66. The fraction of sp³-hybridized carbons (Fsp3) is 0.571. The van der Waals surface area contributed by atoms with Gasteiger partial charge in [-0.1, -0.05) is 19.4 Å². The lowest BCUT2D eigenvalue weighted by atomic mass is 10.2. The Morgan fingerprint density at radius 2 is 2.29 bits per heavy atom. The second-order valence-electron chi connectivity index (χ2n) is 4.66. The van der Waals surface area contributed by atoms with Crippen LogP contribution in [0.2, 0.25) is 0 Å². The molecule has 3 nitrogen and oxygen atoms in total.